The molecule has 0 bridgehead atoms. The minimum atomic E-state index is -0.493. The summed E-state index contributed by atoms with van der Waals surface area (Å²) in [5, 5.41) is 2.68. The fraction of sp³-hybridized carbons (Fsp3) is 0.0476. The zero-order valence-corrected chi connectivity index (χ0v) is 14.4. The van der Waals surface area contributed by atoms with E-state index in [-0.39, 0.29) is 11.5 Å². The lowest BCUT2D eigenvalue weighted by molar-refractivity contribution is 0.0990. The average molecular weight is 362 g/mol. The van der Waals surface area contributed by atoms with Gasteiger partial charge in [0.1, 0.15) is 11.6 Å². The molecule has 0 saturated heterocycles. The Bertz CT molecular complexity index is 1060. The standard InChI is InChI=1S/C21H15FN2O3/c1-24-17-7-2-3-8-19(17)27-18-10-9-15(12-16(18)21(24)26)23-20(25)13-5-4-6-14(22)11-13/h2-12H,1H3,(H,23,25). The van der Waals surface area contributed by atoms with Gasteiger partial charge < -0.3 is 15.0 Å². The second-order valence-corrected chi connectivity index (χ2v) is 6.11. The van der Waals surface area contributed by atoms with Crippen LogP contribution in [-0.4, -0.2) is 18.9 Å². The maximum absolute atomic E-state index is 13.3. The lowest BCUT2D eigenvalue weighted by Gasteiger charge is -2.16. The van der Waals surface area contributed by atoms with Crippen molar-refractivity contribution >= 4 is 23.2 Å². The number of nitrogens with zero attached hydrogens (tertiary/aromatic N) is 1. The van der Waals surface area contributed by atoms with E-state index in [1.54, 1.807) is 37.4 Å². The quantitative estimate of drug-likeness (QED) is 0.732. The Balaban J connectivity index is 1.66. The number of benzene rings is 3. The van der Waals surface area contributed by atoms with Crippen molar-refractivity contribution < 1.29 is 18.7 Å². The number of hydrogen-bond acceptors (Lipinski definition) is 3. The molecular weight excluding hydrogens is 347 g/mol. The Morgan fingerprint density at radius 3 is 2.63 bits per heavy atom. The van der Waals surface area contributed by atoms with E-state index in [1.807, 2.05) is 12.1 Å². The molecule has 0 unspecified atom stereocenters. The minimum Gasteiger partial charge on any atom is -0.454 e. The monoisotopic (exact) mass is 362 g/mol. The molecular formula is C21H15FN2O3. The van der Waals surface area contributed by atoms with Gasteiger partial charge in [-0.05, 0) is 48.5 Å². The Labute approximate surface area is 155 Å². The largest absolute Gasteiger partial charge is 0.454 e. The van der Waals surface area contributed by atoms with Crippen LogP contribution in [-0.2, 0) is 0 Å². The highest BCUT2D eigenvalue weighted by Crippen LogP contribution is 2.38. The third-order valence-corrected chi connectivity index (χ3v) is 4.31. The molecule has 6 heteroatoms. The van der Waals surface area contributed by atoms with Crippen LogP contribution in [0.15, 0.2) is 66.7 Å². The Morgan fingerprint density at radius 2 is 1.81 bits per heavy atom. The van der Waals surface area contributed by atoms with Crippen LogP contribution in [0.3, 0.4) is 0 Å². The van der Waals surface area contributed by atoms with Gasteiger partial charge >= 0.3 is 0 Å². The topological polar surface area (TPSA) is 58.6 Å². The van der Waals surface area contributed by atoms with Crippen molar-refractivity contribution in [1.82, 2.24) is 0 Å². The molecule has 5 nitrogen and oxygen atoms in total. The maximum Gasteiger partial charge on any atom is 0.261 e. The van der Waals surface area contributed by atoms with Crippen molar-refractivity contribution in [3.8, 4) is 11.5 Å². The van der Waals surface area contributed by atoms with E-state index in [2.05, 4.69) is 5.32 Å². The van der Waals surface area contributed by atoms with E-state index in [0.29, 0.717) is 28.4 Å². The second-order valence-electron chi connectivity index (χ2n) is 6.11. The van der Waals surface area contributed by atoms with Crippen LogP contribution in [0.2, 0.25) is 0 Å². The number of rotatable bonds is 2. The van der Waals surface area contributed by atoms with Crippen molar-refractivity contribution in [3.63, 3.8) is 0 Å². The molecule has 0 radical (unpaired) electrons. The van der Waals surface area contributed by atoms with Gasteiger partial charge in [0, 0.05) is 18.3 Å². The zero-order chi connectivity index (χ0) is 19.0. The zero-order valence-electron chi connectivity index (χ0n) is 14.4. The number of nitrogens with one attached hydrogen (secondary N) is 1. The van der Waals surface area contributed by atoms with E-state index in [1.165, 1.54) is 23.1 Å². The van der Waals surface area contributed by atoms with E-state index in [0.717, 1.165) is 6.07 Å². The molecule has 27 heavy (non-hydrogen) atoms. The number of fused-ring (bicyclic) bond motifs is 2. The summed E-state index contributed by atoms with van der Waals surface area (Å²) in [6, 6.07) is 17.5. The summed E-state index contributed by atoms with van der Waals surface area (Å²) in [6.07, 6.45) is 0. The molecule has 1 heterocycles. The summed E-state index contributed by atoms with van der Waals surface area (Å²) >= 11 is 0. The summed E-state index contributed by atoms with van der Waals surface area (Å²) in [7, 11) is 1.66. The first-order chi connectivity index (χ1) is 13.0. The Hall–Kier alpha value is -3.67. The van der Waals surface area contributed by atoms with Gasteiger partial charge in [-0.15, -0.1) is 0 Å². The van der Waals surface area contributed by atoms with E-state index in [9.17, 15) is 14.0 Å². The van der Waals surface area contributed by atoms with Gasteiger partial charge in [0.25, 0.3) is 11.8 Å². The molecule has 0 aliphatic carbocycles. The van der Waals surface area contributed by atoms with E-state index >= 15 is 0 Å². The average Bonchev–Trinajstić information content (AvgIpc) is 2.78. The lowest BCUT2D eigenvalue weighted by atomic mass is 10.1. The first kappa shape index (κ1) is 16.8. The van der Waals surface area contributed by atoms with Gasteiger partial charge in [0.05, 0.1) is 11.3 Å². The number of amides is 2. The van der Waals surface area contributed by atoms with Crippen molar-refractivity contribution in [2.24, 2.45) is 0 Å². The van der Waals surface area contributed by atoms with Gasteiger partial charge in [-0.2, -0.15) is 0 Å². The number of hydrogen-bond donors (Lipinski definition) is 1. The van der Waals surface area contributed by atoms with Crippen LogP contribution >= 0.6 is 0 Å². The van der Waals surface area contributed by atoms with Gasteiger partial charge in [-0.25, -0.2) is 4.39 Å². The highest BCUT2D eigenvalue weighted by atomic mass is 19.1. The fourth-order valence-electron chi connectivity index (χ4n) is 2.93. The number of carbonyl (C=O) groups excluding carboxylic acids is 2. The predicted octanol–water partition coefficient (Wildman–Crippen LogP) is 4.46. The highest BCUT2D eigenvalue weighted by molar-refractivity contribution is 6.11. The molecule has 2 amide bonds. The minimum absolute atomic E-state index is 0.192. The number of halogens is 1. The van der Waals surface area contributed by atoms with Crippen LogP contribution < -0.4 is 15.0 Å². The lowest BCUT2D eigenvalue weighted by Crippen LogP contribution is -2.25. The van der Waals surface area contributed by atoms with Crippen LogP contribution in [0, 0.1) is 5.82 Å². The van der Waals surface area contributed by atoms with Gasteiger partial charge in [0.2, 0.25) is 0 Å². The fourth-order valence-corrected chi connectivity index (χ4v) is 2.93. The maximum atomic E-state index is 13.3. The molecule has 0 aromatic heterocycles. The van der Waals surface area contributed by atoms with Crippen molar-refractivity contribution in [2.45, 2.75) is 0 Å². The molecule has 1 aliphatic rings. The number of para-hydroxylation sites is 2. The van der Waals surface area contributed by atoms with Gasteiger partial charge in [-0.3, -0.25) is 9.59 Å². The first-order valence-electron chi connectivity index (χ1n) is 8.29. The van der Waals surface area contributed by atoms with Crippen LogP contribution in [0.4, 0.5) is 15.8 Å². The molecule has 1 N–H and O–H groups in total. The number of carbonyl (C=O) groups is 2. The summed E-state index contributed by atoms with van der Waals surface area (Å²) in [5.74, 6) is -0.235. The predicted molar refractivity (Wildman–Crippen MR) is 100 cm³/mol. The van der Waals surface area contributed by atoms with Crippen LogP contribution in [0.25, 0.3) is 0 Å². The molecule has 0 saturated carbocycles. The summed E-state index contributed by atoms with van der Waals surface area (Å²) in [5.41, 5.74) is 1.59. The SMILES string of the molecule is CN1C(=O)c2cc(NC(=O)c3cccc(F)c3)ccc2Oc2ccccc21. The first-order valence-corrected chi connectivity index (χ1v) is 8.29. The Kier molecular flexibility index (Phi) is 4.08. The normalized spacial score (nSPS) is 12.5. The third-order valence-electron chi connectivity index (χ3n) is 4.31. The summed E-state index contributed by atoms with van der Waals surface area (Å²) in [6.45, 7) is 0. The third kappa shape index (κ3) is 3.13. The molecule has 0 fully saturated rings. The highest BCUT2D eigenvalue weighted by Gasteiger charge is 2.26. The van der Waals surface area contributed by atoms with Gasteiger partial charge in [0.15, 0.2) is 5.75 Å². The molecule has 3 aromatic carbocycles. The molecule has 134 valence electrons. The second kappa shape index (κ2) is 6.57. The van der Waals surface area contributed by atoms with Crippen molar-refractivity contribution in [3.05, 3.63) is 83.7 Å². The van der Waals surface area contributed by atoms with Crippen LogP contribution in [0.1, 0.15) is 20.7 Å². The smallest absolute Gasteiger partial charge is 0.261 e. The molecule has 3 aromatic rings. The van der Waals surface area contributed by atoms with Crippen molar-refractivity contribution in [1.29, 1.82) is 0 Å². The van der Waals surface area contributed by atoms with E-state index < -0.39 is 11.7 Å². The van der Waals surface area contributed by atoms with Crippen molar-refractivity contribution in [2.75, 3.05) is 17.3 Å². The summed E-state index contributed by atoms with van der Waals surface area (Å²) in [4.78, 5) is 26.7. The summed E-state index contributed by atoms with van der Waals surface area (Å²) < 4.78 is 19.2. The molecule has 1 aliphatic heterocycles. The van der Waals surface area contributed by atoms with Crippen LogP contribution in [0.5, 0.6) is 11.5 Å². The van der Waals surface area contributed by atoms with E-state index in [4.69, 9.17) is 4.74 Å². The van der Waals surface area contributed by atoms with Gasteiger partial charge in [-0.1, -0.05) is 18.2 Å². The Morgan fingerprint density at radius 1 is 1.00 bits per heavy atom. The number of anilines is 2. The molecule has 0 spiro atoms. The number of ether oxygens (including phenoxy) is 1. The molecule has 0 atom stereocenters. The molecule has 4 rings (SSSR count).